The first-order valence-corrected chi connectivity index (χ1v) is 5.32. The van der Waals surface area contributed by atoms with Crippen molar-refractivity contribution in [3.63, 3.8) is 0 Å². The molecule has 0 saturated heterocycles. The van der Waals surface area contributed by atoms with Crippen LogP contribution >= 0.6 is 0 Å². The van der Waals surface area contributed by atoms with Gasteiger partial charge in [-0.15, -0.1) is 0 Å². The van der Waals surface area contributed by atoms with Gasteiger partial charge in [0, 0.05) is 0 Å². The van der Waals surface area contributed by atoms with Crippen molar-refractivity contribution in [1.82, 2.24) is 4.13 Å². The summed E-state index contributed by atoms with van der Waals surface area (Å²) in [6, 6.07) is 0. The van der Waals surface area contributed by atoms with Gasteiger partial charge in [0.2, 0.25) is 10.0 Å². The van der Waals surface area contributed by atoms with Crippen LogP contribution in [-0.2, 0) is 20.4 Å². The van der Waals surface area contributed by atoms with Crippen molar-refractivity contribution in [2.45, 2.75) is 0 Å². The van der Waals surface area contributed by atoms with E-state index in [9.17, 15) is 25.1 Å². The fraction of sp³-hybridized carbons (Fsp3) is 1.00. The molecule has 0 aliphatic heterocycles. The molecule has 0 amide bonds. The van der Waals surface area contributed by atoms with E-state index < -0.39 is 32.9 Å². The summed E-state index contributed by atoms with van der Waals surface area (Å²) in [6.45, 7) is -1.27. The van der Waals surface area contributed by atoms with Crippen LogP contribution in [0.1, 0.15) is 1.43 Å². The van der Waals surface area contributed by atoms with Gasteiger partial charge in [0.1, 0.15) is 6.67 Å². The second-order valence-electron chi connectivity index (χ2n) is 1.53. The van der Waals surface area contributed by atoms with Crippen molar-refractivity contribution in [2.75, 3.05) is 12.4 Å². The van der Waals surface area contributed by atoms with Gasteiger partial charge in [0.15, 0.2) is 0 Å². The zero-order chi connectivity index (χ0) is 9.12. The summed E-state index contributed by atoms with van der Waals surface area (Å²) < 4.78 is 63.4. The van der Waals surface area contributed by atoms with Crippen molar-refractivity contribution < 1.29 is 45.4 Å². The van der Waals surface area contributed by atoms with Crippen LogP contribution in [-0.4, -0.2) is 29.3 Å². The molecule has 0 saturated carbocycles. The van der Waals surface area contributed by atoms with E-state index >= 15 is 0 Å². The Hall–Kier alpha value is 0.317. The van der Waals surface area contributed by atoms with Crippen molar-refractivity contribution in [1.29, 1.82) is 0 Å². The molecule has 0 atom stereocenters. The normalized spacial score (nSPS) is 12.2. The molecule has 5 nitrogen and oxygen atoms in total. The van der Waals surface area contributed by atoms with Gasteiger partial charge in [0.25, 0.3) is 0 Å². The van der Waals surface area contributed by atoms with E-state index in [1.54, 1.807) is 0 Å². The molecule has 70 valence electrons. The molecule has 0 aromatic carbocycles. The van der Waals surface area contributed by atoms with Crippen molar-refractivity contribution in [2.24, 2.45) is 0 Å². The minimum absolute atomic E-state index is 0. The Balaban J connectivity index is -0.000000500. The fourth-order valence-electron chi connectivity index (χ4n) is 0.295. The van der Waals surface area contributed by atoms with Crippen LogP contribution in [0.2, 0.25) is 0 Å². The third-order valence-corrected chi connectivity index (χ3v) is 3.08. The van der Waals surface area contributed by atoms with Gasteiger partial charge in [0.05, 0.1) is 5.75 Å². The molecule has 10 heteroatoms. The van der Waals surface area contributed by atoms with Crippen molar-refractivity contribution in [3.05, 3.63) is 0 Å². The van der Waals surface area contributed by atoms with Gasteiger partial charge in [-0.05, 0) is 0 Å². The van der Waals surface area contributed by atoms with E-state index in [1.807, 2.05) is 0 Å². The molecule has 0 rings (SSSR count). The molecule has 0 aliphatic rings. The van der Waals surface area contributed by atoms with Gasteiger partial charge in [-0.1, -0.05) is 8.01 Å². The number of rotatable bonds is 4. The van der Waals surface area contributed by atoms with Crippen molar-refractivity contribution in [3.8, 4) is 0 Å². The number of nitrogens with one attached hydrogen (secondary N) is 1. The predicted molar refractivity (Wildman–Crippen MR) is 34.0 cm³/mol. The third-order valence-electron chi connectivity index (χ3n) is 0.572. The summed E-state index contributed by atoms with van der Waals surface area (Å²) in [5.41, 5.74) is 0. The smallest absolute Gasteiger partial charge is 1.00 e. The molecule has 0 radical (unpaired) electrons. The topological polar surface area (TPSA) is 80.3 Å². The molecule has 0 unspecified atom stereocenters. The standard InChI is InChI=1S/C2H5F2NO4S2.Li.H/c3-1-2-10(6,7)5-11(4,8)9;;/h5H,1-2H2;;/q;+1;-1. The van der Waals surface area contributed by atoms with E-state index in [0.29, 0.717) is 4.13 Å². The van der Waals surface area contributed by atoms with E-state index in [-0.39, 0.29) is 20.3 Å². The molecule has 0 bridgehead atoms. The van der Waals surface area contributed by atoms with Gasteiger partial charge >= 0.3 is 29.3 Å². The molecular weight excluding hydrogens is 211 g/mol. The van der Waals surface area contributed by atoms with Gasteiger partial charge in [-0.25, -0.2) is 12.8 Å². The summed E-state index contributed by atoms with van der Waals surface area (Å²) in [7, 11) is -9.69. The van der Waals surface area contributed by atoms with Crippen LogP contribution in [0.15, 0.2) is 0 Å². The van der Waals surface area contributed by atoms with Crippen LogP contribution in [0, 0.1) is 0 Å². The van der Waals surface area contributed by atoms with Crippen molar-refractivity contribution >= 4 is 20.4 Å². The molecule has 12 heavy (non-hydrogen) atoms. The average molecular weight is 217 g/mol. The first-order chi connectivity index (χ1) is 4.77. The Morgan fingerprint density at radius 3 is 1.92 bits per heavy atom. The Bertz CT molecular complexity index is 315. The molecule has 0 aliphatic carbocycles. The second-order valence-corrected chi connectivity index (χ2v) is 4.71. The monoisotopic (exact) mass is 217 g/mol. The molecule has 0 heterocycles. The van der Waals surface area contributed by atoms with E-state index in [1.165, 1.54) is 0 Å². The Morgan fingerprint density at radius 2 is 1.67 bits per heavy atom. The molecule has 1 N–H and O–H groups in total. The number of sulfonamides is 1. The first kappa shape index (κ1) is 14.8. The fourth-order valence-corrected chi connectivity index (χ4v) is 2.04. The molecule has 0 aromatic rings. The number of hydrogen-bond acceptors (Lipinski definition) is 4. The molecule has 0 aromatic heterocycles. The minimum atomic E-state index is -5.31. The minimum Gasteiger partial charge on any atom is -1.00 e. The Morgan fingerprint density at radius 1 is 1.25 bits per heavy atom. The summed E-state index contributed by atoms with van der Waals surface area (Å²) in [5.74, 6) is -1.07. The summed E-state index contributed by atoms with van der Waals surface area (Å²) in [6.07, 6.45) is 0. The maximum absolute atomic E-state index is 11.6. The zero-order valence-electron chi connectivity index (χ0n) is 7.12. The Labute approximate surface area is 82.6 Å². The van der Waals surface area contributed by atoms with Gasteiger partial charge in [-0.2, -0.15) is 8.42 Å². The molecular formula is C2H6F2LiNO4S2. The number of alkyl halides is 1. The predicted octanol–water partition coefficient (Wildman–Crippen LogP) is -3.79. The SMILES string of the molecule is O=S(=O)(F)NS(=O)(=O)CCF.[H-].[Li+]. The molecule has 0 fully saturated rings. The van der Waals surface area contributed by atoms with Gasteiger partial charge in [-0.3, -0.25) is 0 Å². The second kappa shape index (κ2) is 5.13. The number of halogens is 2. The summed E-state index contributed by atoms with van der Waals surface area (Å²) in [4.78, 5) is 0. The van der Waals surface area contributed by atoms with Crippen LogP contribution in [0.3, 0.4) is 0 Å². The van der Waals surface area contributed by atoms with Crippen LogP contribution in [0.25, 0.3) is 0 Å². The molecule has 0 spiro atoms. The average Bonchev–Trinajstić information content (AvgIpc) is 1.55. The van der Waals surface area contributed by atoms with E-state index in [0.717, 1.165) is 0 Å². The summed E-state index contributed by atoms with van der Waals surface area (Å²) in [5, 5.41) is 0. The van der Waals surface area contributed by atoms with Crippen LogP contribution in [0.5, 0.6) is 0 Å². The maximum Gasteiger partial charge on any atom is 1.00 e. The maximum atomic E-state index is 11.6. The van der Waals surface area contributed by atoms with Crippen LogP contribution in [0.4, 0.5) is 8.28 Å². The number of hydrogen-bond donors (Lipinski definition) is 1. The van der Waals surface area contributed by atoms with Gasteiger partial charge < -0.3 is 1.43 Å². The van der Waals surface area contributed by atoms with E-state index in [2.05, 4.69) is 0 Å². The zero-order valence-corrected chi connectivity index (χ0v) is 7.75. The van der Waals surface area contributed by atoms with Crippen LogP contribution < -0.4 is 23.0 Å². The third kappa shape index (κ3) is 8.41. The largest absolute Gasteiger partial charge is 1.00 e. The first-order valence-electron chi connectivity index (χ1n) is 2.29. The Kier molecular flexibility index (Phi) is 6.34. The van der Waals surface area contributed by atoms with E-state index in [4.69, 9.17) is 0 Å². The quantitative estimate of drug-likeness (QED) is 0.387. The summed E-state index contributed by atoms with van der Waals surface area (Å²) >= 11 is 0.